The van der Waals surface area contributed by atoms with Gasteiger partial charge in [0.1, 0.15) is 5.75 Å². The lowest BCUT2D eigenvalue weighted by Crippen LogP contribution is -2.43. The summed E-state index contributed by atoms with van der Waals surface area (Å²) in [5.74, 6) is 1.68. The van der Waals surface area contributed by atoms with E-state index in [4.69, 9.17) is 4.74 Å². The van der Waals surface area contributed by atoms with E-state index in [0.29, 0.717) is 12.1 Å². The second-order valence-electron chi connectivity index (χ2n) is 4.96. The van der Waals surface area contributed by atoms with Gasteiger partial charge in [-0.05, 0) is 36.5 Å². The van der Waals surface area contributed by atoms with Gasteiger partial charge >= 0.3 is 0 Å². The van der Waals surface area contributed by atoms with Crippen LogP contribution in [-0.4, -0.2) is 19.2 Å². The molecule has 0 atom stereocenters. The summed E-state index contributed by atoms with van der Waals surface area (Å²) in [5, 5.41) is 3.58. The molecule has 0 saturated heterocycles. The molecule has 88 valence electrons. The minimum Gasteiger partial charge on any atom is -0.497 e. The molecule has 1 N–H and O–H groups in total. The first-order valence-corrected chi connectivity index (χ1v) is 6.09. The second-order valence-corrected chi connectivity index (χ2v) is 4.96. The van der Waals surface area contributed by atoms with Crippen molar-refractivity contribution in [1.29, 1.82) is 0 Å². The summed E-state index contributed by atoms with van der Waals surface area (Å²) in [5.41, 5.74) is 1.45. The molecule has 1 fully saturated rings. The largest absolute Gasteiger partial charge is 0.497 e. The lowest BCUT2D eigenvalue weighted by atomic mass is 9.75. The summed E-state index contributed by atoms with van der Waals surface area (Å²) >= 11 is 0. The molecule has 0 heterocycles. The fourth-order valence-corrected chi connectivity index (χ4v) is 2.37. The Balaban J connectivity index is 1.86. The van der Waals surface area contributed by atoms with Crippen molar-refractivity contribution < 1.29 is 4.74 Å². The van der Waals surface area contributed by atoms with Gasteiger partial charge < -0.3 is 10.1 Å². The van der Waals surface area contributed by atoms with Crippen LogP contribution in [-0.2, 0) is 0 Å². The Kier molecular flexibility index (Phi) is 3.49. The maximum atomic E-state index is 5.16. The van der Waals surface area contributed by atoms with Gasteiger partial charge in [0.25, 0.3) is 0 Å². The van der Waals surface area contributed by atoms with E-state index in [2.05, 4.69) is 43.4 Å². The highest BCUT2D eigenvalue weighted by Gasteiger charge is 2.30. The quantitative estimate of drug-likeness (QED) is 0.840. The Morgan fingerprint density at radius 2 is 1.81 bits per heavy atom. The van der Waals surface area contributed by atoms with Crippen molar-refractivity contribution in [2.75, 3.05) is 7.11 Å². The maximum Gasteiger partial charge on any atom is 0.118 e. The minimum absolute atomic E-state index is 0.599. The van der Waals surface area contributed by atoms with E-state index in [1.54, 1.807) is 7.11 Å². The topological polar surface area (TPSA) is 21.3 Å². The molecule has 1 saturated carbocycles. The maximum absolute atomic E-state index is 5.16. The van der Waals surface area contributed by atoms with Crippen LogP contribution in [0.5, 0.6) is 5.75 Å². The van der Waals surface area contributed by atoms with E-state index >= 15 is 0 Å². The highest BCUT2D eigenvalue weighted by molar-refractivity contribution is 5.30. The van der Waals surface area contributed by atoms with Crippen molar-refractivity contribution in [3.05, 3.63) is 29.8 Å². The van der Waals surface area contributed by atoms with Gasteiger partial charge in [0.05, 0.1) is 7.11 Å². The monoisotopic (exact) mass is 219 g/mol. The van der Waals surface area contributed by atoms with Crippen LogP contribution < -0.4 is 10.1 Å². The molecule has 1 aliphatic carbocycles. The Labute approximate surface area is 98.0 Å². The van der Waals surface area contributed by atoms with Gasteiger partial charge in [-0.25, -0.2) is 0 Å². The van der Waals surface area contributed by atoms with Gasteiger partial charge in [-0.3, -0.25) is 0 Å². The zero-order valence-electron chi connectivity index (χ0n) is 10.4. The van der Waals surface area contributed by atoms with E-state index in [0.717, 1.165) is 11.7 Å². The number of hydrogen-bond donors (Lipinski definition) is 1. The summed E-state index contributed by atoms with van der Waals surface area (Å²) < 4.78 is 5.16. The minimum atomic E-state index is 0.599. The average molecular weight is 219 g/mol. The van der Waals surface area contributed by atoms with Crippen molar-refractivity contribution >= 4 is 0 Å². The van der Waals surface area contributed by atoms with Crippen molar-refractivity contribution in [3.8, 4) is 5.75 Å². The number of rotatable bonds is 4. The molecule has 1 aliphatic rings. The summed E-state index contributed by atoms with van der Waals surface area (Å²) in [6.07, 6.45) is 2.54. The Bertz CT molecular complexity index is 325. The third-order valence-corrected chi connectivity index (χ3v) is 3.29. The molecule has 0 aliphatic heterocycles. The predicted molar refractivity (Wildman–Crippen MR) is 67.0 cm³/mol. The average Bonchev–Trinajstić information content (AvgIpc) is 2.23. The Morgan fingerprint density at radius 3 is 2.31 bits per heavy atom. The van der Waals surface area contributed by atoms with Crippen LogP contribution in [0.4, 0.5) is 0 Å². The van der Waals surface area contributed by atoms with Crippen LogP contribution in [0.1, 0.15) is 38.2 Å². The third kappa shape index (κ3) is 2.56. The van der Waals surface area contributed by atoms with Crippen LogP contribution in [0.15, 0.2) is 24.3 Å². The van der Waals surface area contributed by atoms with Crippen LogP contribution in [0.2, 0.25) is 0 Å². The van der Waals surface area contributed by atoms with Crippen molar-refractivity contribution in [3.63, 3.8) is 0 Å². The van der Waals surface area contributed by atoms with E-state index in [1.165, 1.54) is 18.4 Å². The standard InChI is InChI=1S/C14H21NO/c1-10(2)15-13-8-12(9-13)11-4-6-14(16-3)7-5-11/h4-7,10,12-13,15H,8-9H2,1-3H3. The highest BCUT2D eigenvalue weighted by atomic mass is 16.5. The van der Waals surface area contributed by atoms with Crippen LogP contribution in [0, 0.1) is 0 Å². The van der Waals surface area contributed by atoms with Gasteiger partial charge in [0, 0.05) is 12.1 Å². The fraction of sp³-hybridized carbons (Fsp3) is 0.571. The van der Waals surface area contributed by atoms with Crippen LogP contribution in [0.3, 0.4) is 0 Å². The number of benzene rings is 1. The number of methoxy groups -OCH3 is 1. The zero-order valence-corrected chi connectivity index (χ0v) is 10.4. The summed E-state index contributed by atoms with van der Waals surface area (Å²) in [6, 6.07) is 9.80. The predicted octanol–water partition coefficient (Wildman–Crippen LogP) is 2.94. The summed E-state index contributed by atoms with van der Waals surface area (Å²) in [6.45, 7) is 4.42. The molecule has 16 heavy (non-hydrogen) atoms. The molecule has 0 aromatic heterocycles. The first kappa shape index (κ1) is 11.5. The van der Waals surface area contributed by atoms with Crippen LogP contribution in [0.25, 0.3) is 0 Å². The number of hydrogen-bond acceptors (Lipinski definition) is 2. The fourth-order valence-electron chi connectivity index (χ4n) is 2.37. The van der Waals surface area contributed by atoms with Crippen LogP contribution >= 0.6 is 0 Å². The molecule has 1 aromatic carbocycles. The molecule has 0 radical (unpaired) electrons. The van der Waals surface area contributed by atoms with E-state index < -0.39 is 0 Å². The zero-order chi connectivity index (χ0) is 11.5. The van der Waals surface area contributed by atoms with Gasteiger partial charge in [0.2, 0.25) is 0 Å². The summed E-state index contributed by atoms with van der Waals surface area (Å²) in [4.78, 5) is 0. The normalized spacial score (nSPS) is 24.2. The van der Waals surface area contributed by atoms with Crippen molar-refractivity contribution in [2.24, 2.45) is 0 Å². The number of ether oxygens (including phenoxy) is 1. The molecule has 0 amide bonds. The first-order valence-electron chi connectivity index (χ1n) is 6.09. The second kappa shape index (κ2) is 4.88. The van der Waals surface area contributed by atoms with Gasteiger partial charge in [-0.1, -0.05) is 26.0 Å². The first-order chi connectivity index (χ1) is 7.69. The Morgan fingerprint density at radius 1 is 1.19 bits per heavy atom. The highest BCUT2D eigenvalue weighted by Crippen LogP contribution is 2.37. The van der Waals surface area contributed by atoms with Crippen molar-refractivity contribution in [2.45, 2.75) is 44.7 Å². The third-order valence-electron chi connectivity index (χ3n) is 3.29. The lowest BCUT2D eigenvalue weighted by Gasteiger charge is -2.37. The lowest BCUT2D eigenvalue weighted by molar-refractivity contribution is 0.275. The molecule has 2 heteroatoms. The molecule has 0 bridgehead atoms. The van der Waals surface area contributed by atoms with E-state index in [1.807, 2.05) is 0 Å². The SMILES string of the molecule is COc1ccc(C2CC(NC(C)C)C2)cc1. The smallest absolute Gasteiger partial charge is 0.118 e. The van der Waals surface area contributed by atoms with Gasteiger partial charge in [-0.15, -0.1) is 0 Å². The molecular formula is C14H21NO. The molecular weight excluding hydrogens is 198 g/mol. The van der Waals surface area contributed by atoms with E-state index in [-0.39, 0.29) is 0 Å². The van der Waals surface area contributed by atoms with Gasteiger partial charge in [-0.2, -0.15) is 0 Å². The summed E-state index contributed by atoms with van der Waals surface area (Å²) in [7, 11) is 1.71. The molecule has 1 aromatic rings. The molecule has 0 spiro atoms. The molecule has 2 rings (SSSR count). The van der Waals surface area contributed by atoms with E-state index in [9.17, 15) is 0 Å². The van der Waals surface area contributed by atoms with Crippen molar-refractivity contribution in [1.82, 2.24) is 5.32 Å². The Hall–Kier alpha value is -1.02. The molecule has 0 unspecified atom stereocenters. The number of nitrogens with one attached hydrogen (secondary N) is 1. The van der Waals surface area contributed by atoms with Gasteiger partial charge in [0.15, 0.2) is 0 Å². The molecule has 2 nitrogen and oxygen atoms in total.